The largest absolute Gasteiger partial charge is 0.334 e. The molecule has 0 fully saturated rings. The van der Waals surface area contributed by atoms with E-state index in [1.807, 2.05) is 6.92 Å². The highest BCUT2D eigenvalue weighted by Crippen LogP contribution is 2.29. The predicted octanol–water partition coefficient (Wildman–Crippen LogP) is 2.57. The van der Waals surface area contributed by atoms with E-state index in [0.29, 0.717) is 38.3 Å². The second kappa shape index (κ2) is 6.24. The zero-order valence-electron chi connectivity index (χ0n) is 14.2. The van der Waals surface area contributed by atoms with Crippen molar-refractivity contribution in [2.24, 2.45) is 0 Å². The summed E-state index contributed by atoms with van der Waals surface area (Å²) < 4.78 is 30.7. The molecule has 6 nitrogen and oxygen atoms in total. The van der Waals surface area contributed by atoms with Gasteiger partial charge in [0.1, 0.15) is 17.2 Å². The summed E-state index contributed by atoms with van der Waals surface area (Å²) >= 11 is 0. The van der Waals surface area contributed by atoms with Crippen LogP contribution < -0.4 is 0 Å². The van der Waals surface area contributed by atoms with E-state index >= 15 is 0 Å². The summed E-state index contributed by atoms with van der Waals surface area (Å²) in [6.45, 7) is 4.35. The van der Waals surface area contributed by atoms with Crippen molar-refractivity contribution in [3.8, 4) is 0 Å². The van der Waals surface area contributed by atoms with Crippen LogP contribution in [0.25, 0.3) is 0 Å². The summed E-state index contributed by atoms with van der Waals surface area (Å²) in [5, 5.41) is 0. The molecule has 4 heterocycles. The van der Waals surface area contributed by atoms with Crippen molar-refractivity contribution in [2.75, 3.05) is 6.54 Å². The summed E-state index contributed by atoms with van der Waals surface area (Å²) in [5.74, 6) is 0.255. The third kappa shape index (κ3) is 2.63. The van der Waals surface area contributed by atoms with Crippen LogP contribution in [0.1, 0.15) is 59.6 Å². The van der Waals surface area contributed by atoms with Crippen molar-refractivity contribution in [1.82, 2.24) is 24.0 Å². The van der Waals surface area contributed by atoms with E-state index < -0.39 is 6.43 Å². The SMILES string of the molecule is CCn1cnc2c1CCN(C(=O)c1c(C(F)F)nc3n1CCCC3)C2. The number of imidazole rings is 2. The number of amides is 1. The van der Waals surface area contributed by atoms with Gasteiger partial charge < -0.3 is 14.0 Å². The van der Waals surface area contributed by atoms with Crippen molar-refractivity contribution in [3.05, 3.63) is 34.9 Å². The molecule has 0 saturated heterocycles. The summed E-state index contributed by atoms with van der Waals surface area (Å²) in [6.07, 6.45) is 2.20. The van der Waals surface area contributed by atoms with Gasteiger partial charge in [0.25, 0.3) is 12.3 Å². The Balaban J connectivity index is 1.66. The van der Waals surface area contributed by atoms with Gasteiger partial charge >= 0.3 is 0 Å². The summed E-state index contributed by atoms with van der Waals surface area (Å²) in [4.78, 5) is 23.1. The molecule has 0 saturated carbocycles. The smallest absolute Gasteiger partial charge is 0.282 e. The van der Waals surface area contributed by atoms with Gasteiger partial charge in [0, 0.05) is 38.2 Å². The fraction of sp³-hybridized carbons (Fsp3) is 0.588. The number of hydrogen-bond acceptors (Lipinski definition) is 3. The molecule has 4 rings (SSSR count). The van der Waals surface area contributed by atoms with Gasteiger partial charge in [-0.3, -0.25) is 4.79 Å². The average molecular weight is 349 g/mol. The number of halogens is 2. The van der Waals surface area contributed by atoms with Gasteiger partial charge in [0.2, 0.25) is 0 Å². The highest BCUT2D eigenvalue weighted by atomic mass is 19.3. The predicted molar refractivity (Wildman–Crippen MR) is 86.5 cm³/mol. The van der Waals surface area contributed by atoms with Crippen molar-refractivity contribution >= 4 is 5.91 Å². The first kappa shape index (κ1) is 16.2. The molecule has 2 aromatic heterocycles. The number of carbonyl (C=O) groups excluding carboxylic acids is 1. The molecule has 2 aliphatic heterocycles. The molecule has 2 aliphatic rings. The second-order valence-electron chi connectivity index (χ2n) is 6.57. The monoisotopic (exact) mass is 349 g/mol. The van der Waals surface area contributed by atoms with Crippen molar-refractivity contribution < 1.29 is 13.6 Å². The van der Waals surface area contributed by atoms with Crippen LogP contribution in [0.4, 0.5) is 8.78 Å². The molecule has 134 valence electrons. The number of alkyl halides is 2. The molecule has 2 aromatic rings. The number of rotatable bonds is 3. The highest BCUT2D eigenvalue weighted by Gasteiger charge is 2.33. The number of carbonyl (C=O) groups is 1. The van der Waals surface area contributed by atoms with Crippen LogP contribution in [-0.4, -0.2) is 36.5 Å². The molecule has 0 spiro atoms. The first-order valence-electron chi connectivity index (χ1n) is 8.79. The second-order valence-corrected chi connectivity index (χ2v) is 6.57. The Morgan fingerprint density at radius 2 is 2.12 bits per heavy atom. The third-order valence-corrected chi connectivity index (χ3v) is 5.13. The van der Waals surface area contributed by atoms with Crippen molar-refractivity contribution in [3.63, 3.8) is 0 Å². The minimum Gasteiger partial charge on any atom is -0.334 e. The molecule has 1 amide bonds. The summed E-state index contributed by atoms with van der Waals surface area (Å²) in [5.41, 5.74) is 1.70. The molecule has 0 aromatic carbocycles. The Morgan fingerprint density at radius 1 is 1.28 bits per heavy atom. The summed E-state index contributed by atoms with van der Waals surface area (Å²) in [6, 6.07) is 0. The van der Waals surface area contributed by atoms with Crippen molar-refractivity contribution in [2.45, 2.75) is 58.7 Å². The number of aryl methyl sites for hydroxylation is 2. The minimum atomic E-state index is -2.74. The van der Waals surface area contributed by atoms with E-state index in [2.05, 4.69) is 14.5 Å². The van der Waals surface area contributed by atoms with Gasteiger partial charge in [-0.1, -0.05) is 0 Å². The molecule has 0 radical (unpaired) electrons. The Hall–Kier alpha value is -2.25. The number of hydrogen-bond donors (Lipinski definition) is 0. The van der Waals surface area contributed by atoms with E-state index in [-0.39, 0.29) is 17.3 Å². The van der Waals surface area contributed by atoms with Gasteiger partial charge in [-0.25, -0.2) is 18.7 Å². The van der Waals surface area contributed by atoms with E-state index in [4.69, 9.17) is 0 Å². The summed E-state index contributed by atoms with van der Waals surface area (Å²) in [7, 11) is 0. The van der Waals surface area contributed by atoms with Crippen LogP contribution in [0.2, 0.25) is 0 Å². The van der Waals surface area contributed by atoms with Crippen LogP contribution in [-0.2, 0) is 32.5 Å². The van der Waals surface area contributed by atoms with Crippen LogP contribution >= 0.6 is 0 Å². The normalized spacial score (nSPS) is 16.9. The Bertz CT molecular complexity index is 810. The van der Waals surface area contributed by atoms with Crippen molar-refractivity contribution in [1.29, 1.82) is 0 Å². The van der Waals surface area contributed by atoms with Crippen LogP contribution in [0.5, 0.6) is 0 Å². The van der Waals surface area contributed by atoms with Crippen LogP contribution in [0, 0.1) is 0 Å². The molecule has 0 N–H and O–H groups in total. The first-order valence-corrected chi connectivity index (χ1v) is 8.79. The van der Waals surface area contributed by atoms with Gasteiger partial charge in [-0.2, -0.15) is 0 Å². The lowest BCUT2D eigenvalue weighted by molar-refractivity contribution is 0.0705. The van der Waals surface area contributed by atoms with Crippen LogP contribution in [0.15, 0.2) is 6.33 Å². The lowest BCUT2D eigenvalue weighted by Crippen LogP contribution is -2.38. The van der Waals surface area contributed by atoms with E-state index in [9.17, 15) is 13.6 Å². The highest BCUT2D eigenvalue weighted by molar-refractivity contribution is 5.94. The molecule has 0 unspecified atom stereocenters. The fourth-order valence-corrected chi connectivity index (χ4v) is 3.85. The number of nitrogens with zero attached hydrogens (tertiary/aromatic N) is 5. The van der Waals surface area contributed by atoms with Crippen LogP contribution in [0.3, 0.4) is 0 Å². The molecular weight excluding hydrogens is 328 g/mol. The van der Waals surface area contributed by atoms with Gasteiger partial charge in [-0.15, -0.1) is 0 Å². The lowest BCUT2D eigenvalue weighted by atomic mass is 10.1. The van der Waals surface area contributed by atoms with Gasteiger partial charge in [0.15, 0.2) is 0 Å². The van der Waals surface area contributed by atoms with E-state index in [0.717, 1.165) is 30.8 Å². The van der Waals surface area contributed by atoms with E-state index in [1.165, 1.54) is 0 Å². The molecule has 0 aliphatic carbocycles. The van der Waals surface area contributed by atoms with Gasteiger partial charge in [-0.05, 0) is 19.8 Å². The Kier molecular flexibility index (Phi) is 4.05. The molecule has 8 heteroatoms. The third-order valence-electron chi connectivity index (χ3n) is 5.13. The molecule has 0 atom stereocenters. The number of aromatic nitrogens is 4. The topological polar surface area (TPSA) is 56.0 Å². The molecule has 0 bridgehead atoms. The maximum Gasteiger partial charge on any atom is 0.282 e. The fourth-order valence-electron chi connectivity index (χ4n) is 3.85. The molecule has 25 heavy (non-hydrogen) atoms. The average Bonchev–Trinajstić information content (AvgIpc) is 3.21. The lowest BCUT2D eigenvalue weighted by Gasteiger charge is -2.28. The van der Waals surface area contributed by atoms with E-state index in [1.54, 1.807) is 15.8 Å². The first-order chi connectivity index (χ1) is 12.1. The maximum absolute atomic E-state index is 13.5. The Labute approximate surface area is 144 Å². The Morgan fingerprint density at radius 3 is 2.88 bits per heavy atom. The zero-order chi connectivity index (χ0) is 17.6. The number of fused-ring (bicyclic) bond motifs is 2. The maximum atomic E-state index is 13.5. The van der Waals surface area contributed by atoms with Gasteiger partial charge in [0.05, 0.1) is 18.6 Å². The zero-order valence-corrected chi connectivity index (χ0v) is 14.2. The standard InChI is InChI=1S/C17H21F2N5O/c1-2-22-10-20-11-9-23(8-6-12(11)22)17(25)15-14(16(18)19)21-13-5-3-4-7-24(13)15/h10,16H,2-9H2,1H3. The quantitative estimate of drug-likeness (QED) is 0.856. The minimum absolute atomic E-state index is 0.0723. The molecular formula is C17H21F2N5O.